The van der Waals surface area contributed by atoms with Crippen LogP contribution in [0.1, 0.15) is 6.42 Å². The lowest BCUT2D eigenvalue weighted by Gasteiger charge is -2.16. The van der Waals surface area contributed by atoms with Gasteiger partial charge >= 0.3 is 0 Å². The molecule has 1 saturated heterocycles. The Morgan fingerprint density at radius 3 is 2.45 bits per heavy atom. The molecule has 2 aromatic carbocycles. The van der Waals surface area contributed by atoms with Gasteiger partial charge in [0, 0.05) is 19.1 Å². The van der Waals surface area contributed by atoms with Gasteiger partial charge in [0.15, 0.2) is 0 Å². The summed E-state index contributed by atoms with van der Waals surface area (Å²) in [5, 5.41) is 1.98. The standard InChI is InChI=1S/C14H16N2O2S.ClH/c15-13-7-8-16(10-13)19(17,18)14-6-5-11-3-1-2-4-12(11)9-14;/h1-6,9,13H,7-8,10,15H2;1H/t13-;/m1./s1. The molecular weight excluding hydrogens is 296 g/mol. The zero-order chi connectivity index (χ0) is 13.5. The number of fused-ring (bicyclic) bond motifs is 1. The van der Waals surface area contributed by atoms with Crippen molar-refractivity contribution in [2.75, 3.05) is 13.1 Å². The third-order valence-electron chi connectivity index (χ3n) is 3.55. The average Bonchev–Trinajstić information content (AvgIpc) is 2.85. The lowest BCUT2D eigenvalue weighted by atomic mass is 10.1. The van der Waals surface area contributed by atoms with E-state index in [1.807, 2.05) is 30.3 Å². The van der Waals surface area contributed by atoms with Gasteiger partial charge in [-0.25, -0.2) is 8.42 Å². The van der Waals surface area contributed by atoms with Crippen molar-refractivity contribution >= 4 is 33.2 Å². The van der Waals surface area contributed by atoms with Crippen molar-refractivity contribution in [2.45, 2.75) is 17.4 Å². The Labute approximate surface area is 125 Å². The molecule has 0 radical (unpaired) electrons. The SMILES string of the molecule is Cl.N[C@@H]1CCN(S(=O)(=O)c2ccc3ccccc3c2)C1. The van der Waals surface area contributed by atoms with Crippen LogP contribution in [-0.4, -0.2) is 31.9 Å². The summed E-state index contributed by atoms with van der Waals surface area (Å²) in [5.74, 6) is 0. The van der Waals surface area contributed by atoms with E-state index in [-0.39, 0.29) is 18.4 Å². The lowest BCUT2D eigenvalue weighted by molar-refractivity contribution is 0.472. The van der Waals surface area contributed by atoms with Crippen LogP contribution in [0.5, 0.6) is 0 Å². The highest BCUT2D eigenvalue weighted by molar-refractivity contribution is 7.89. The second kappa shape index (κ2) is 5.69. The van der Waals surface area contributed by atoms with E-state index in [1.165, 1.54) is 4.31 Å². The summed E-state index contributed by atoms with van der Waals surface area (Å²) < 4.78 is 26.5. The van der Waals surface area contributed by atoms with Crippen LogP contribution in [0, 0.1) is 0 Å². The van der Waals surface area contributed by atoms with Crippen molar-refractivity contribution in [3.05, 3.63) is 42.5 Å². The highest BCUT2D eigenvalue weighted by Gasteiger charge is 2.30. The Balaban J connectivity index is 0.00000147. The van der Waals surface area contributed by atoms with E-state index < -0.39 is 10.0 Å². The zero-order valence-electron chi connectivity index (χ0n) is 10.9. The molecule has 0 saturated carbocycles. The van der Waals surface area contributed by atoms with Gasteiger partial charge in [0.2, 0.25) is 10.0 Å². The summed E-state index contributed by atoms with van der Waals surface area (Å²) in [6.45, 7) is 0.922. The number of halogens is 1. The molecule has 1 atom stereocenters. The molecule has 1 aliphatic rings. The van der Waals surface area contributed by atoms with Crippen LogP contribution in [0.25, 0.3) is 10.8 Å². The summed E-state index contributed by atoms with van der Waals surface area (Å²) in [7, 11) is -3.41. The van der Waals surface area contributed by atoms with Crippen molar-refractivity contribution in [1.82, 2.24) is 4.31 Å². The van der Waals surface area contributed by atoms with Crippen LogP contribution < -0.4 is 5.73 Å². The largest absolute Gasteiger partial charge is 0.326 e. The van der Waals surface area contributed by atoms with Gasteiger partial charge in [-0.05, 0) is 29.3 Å². The minimum absolute atomic E-state index is 0. The van der Waals surface area contributed by atoms with E-state index in [2.05, 4.69) is 0 Å². The fourth-order valence-electron chi connectivity index (χ4n) is 2.45. The van der Waals surface area contributed by atoms with E-state index in [4.69, 9.17) is 5.73 Å². The summed E-state index contributed by atoms with van der Waals surface area (Å²) in [5.41, 5.74) is 5.78. The Hall–Kier alpha value is -1.14. The van der Waals surface area contributed by atoms with Crippen LogP contribution in [0.2, 0.25) is 0 Å². The van der Waals surface area contributed by atoms with Gasteiger partial charge in [0.1, 0.15) is 0 Å². The topological polar surface area (TPSA) is 63.4 Å². The normalized spacial score (nSPS) is 19.9. The Kier molecular flexibility index (Phi) is 4.34. The van der Waals surface area contributed by atoms with E-state index in [0.29, 0.717) is 18.0 Å². The second-order valence-electron chi connectivity index (χ2n) is 4.92. The maximum absolute atomic E-state index is 12.5. The summed E-state index contributed by atoms with van der Waals surface area (Å²) >= 11 is 0. The lowest BCUT2D eigenvalue weighted by Crippen LogP contribution is -2.31. The molecule has 20 heavy (non-hydrogen) atoms. The smallest absolute Gasteiger partial charge is 0.243 e. The van der Waals surface area contributed by atoms with Crippen molar-refractivity contribution in [1.29, 1.82) is 0 Å². The highest BCUT2D eigenvalue weighted by atomic mass is 35.5. The van der Waals surface area contributed by atoms with Gasteiger partial charge in [-0.15, -0.1) is 12.4 Å². The van der Waals surface area contributed by atoms with Gasteiger partial charge in [-0.2, -0.15) is 4.31 Å². The first-order valence-corrected chi connectivity index (χ1v) is 7.76. The Bertz CT molecular complexity index is 718. The average molecular weight is 313 g/mol. The zero-order valence-corrected chi connectivity index (χ0v) is 12.5. The molecule has 0 unspecified atom stereocenters. The summed E-state index contributed by atoms with van der Waals surface area (Å²) in [6.07, 6.45) is 0.729. The van der Waals surface area contributed by atoms with E-state index >= 15 is 0 Å². The molecule has 0 bridgehead atoms. The number of hydrogen-bond donors (Lipinski definition) is 1. The third kappa shape index (κ3) is 2.67. The predicted molar refractivity (Wildman–Crippen MR) is 82.5 cm³/mol. The van der Waals surface area contributed by atoms with E-state index in [1.54, 1.807) is 12.1 Å². The quantitative estimate of drug-likeness (QED) is 0.922. The molecule has 0 spiro atoms. The Morgan fingerprint density at radius 1 is 1.10 bits per heavy atom. The van der Waals surface area contributed by atoms with Crippen LogP contribution in [-0.2, 0) is 10.0 Å². The first-order valence-electron chi connectivity index (χ1n) is 6.32. The molecule has 0 aliphatic carbocycles. The molecular formula is C14H17ClN2O2S. The first kappa shape index (κ1) is 15.3. The molecule has 2 N–H and O–H groups in total. The second-order valence-corrected chi connectivity index (χ2v) is 6.86. The van der Waals surface area contributed by atoms with Crippen LogP contribution in [0.4, 0.5) is 0 Å². The van der Waals surface area contributed by atoms with Crippen LogP contribution in [0.3, 0.4) is 0 Å². The molecule has 108 valence electrons. The minimum Gasteiger partial charge on any atom is -0.326 e. The molecule has 0 amide bonds. The predicted octanol–water partition coefficient (Wildman–Crippen LogP) is 1.98. The number of nitrogens with zero attached hydrogens (tertiary/aromatic N) is 1. The fourth-order valence-corrected chi connectivity index (χ4v) is 4.00. The molecule has 6 heteroatoms. The first-order chi connectivity index (χ1) is 9.07. The molecule has 1 fully saturated rings. The van der Waals surface area contributed by atoms with Gasteiger partial charge < -0.3 is 5.73 Å². The monoisotopic (exact) mass is 312 g/mol. The third-order valence-corrected chi connectivity index (χ3v) is 5.41. The molecule has 3 rings (SSSR count). The molecule has 0 aromatic heterocycles. The molecule has 1 aliphatic heterocycles. The van der Waals surface area contributed by atoms with Crippen molar-refractivity contribution in [3.8, 4) is 0 Å². The minimum atomic E-state index is -3.41. The van der Waals surface area contributed by atoms with Gasteiger partial charge in [-0.1, -0.05) is 30.3 Å². The van der Waals surface area contributed by atoms with E-state index in [9.17, 15) is 8.42 Å². The molecule has 2 aromatic rings. The maximum atomic E-state index is 12.5. The highest BCUT2D eigenvalue weighted by Crippen LogP contribution is 2.24. The fraction of sp³-hybridized carbons (Fsp3) is 0.286. The van der Waals surface area contributed by atoms with Crippen molar-refractivity contribution in [2.24, 2.45) is 5.73 Å². The molecule has 4 nitrogen and oxygen atoms in total. The molecule has 1 heterocycles. The van der Waals surface area contributed by atoms with Crippen molar-refractivity contribution < 1.29 is 8.42 Å². The van der Waals surface area contributed by atoms with E-state index in [0.717, 1.165) is 17.2 Å². The van der Waals surface area contributed by atoms with Crippen LogP contribution in [0.15, 0.2) is 47.4 Å². The van der Waals surface area contributed by atoms with Gasteiger partial charge in [0.25, 0.3) is 0 Å². The number of rotatable bonds is 2. The number of hydrogen-bond acceptors (Lipinski definition) is 3. The van der Waals surface area contributed by atoms with Gasteiger partial charge in [0.05, 0.1) is 4.90 Å². The maximum Gasteiger partial charge on any atom is 0.243 e. The number of nitrogens with two attached hydrogens (primary N) is 1. The number of sulfonamides is 1. The van der Waals surface area contributed by atoms with Gasteiger partial charge in [-0.3, -0.25) is 0 Å². The van der Waals surface area contributed by atoms with Crippen molar-refractivity contribution in [3.63, 3.8) is 0 Å². The number of benzene rings is 2. The Morgan fingerprint density at radius 2 is 1.80 bits per heavy atom. The summed E-state index contributed by atoms with van der Waals surface area (Å²) in [6, 6.07) is 12.9. The summed E-state index contributed by atoms with van der Waals surface area (Å²) in [4.78, 5) is 0.348. The van der Waals surface area contributed by atoms with Crippen LogP contribution >= 0.6 is 12.4 Å².